The lowest BCUT2D eigenvalue weighted by Crippen LogP contribution is -2.36. The molecule has 0 atom stereocenters. The molecule has 1 saturated heterocycles. The summed E-state index contributed by atoms with van der Waals surface area (Å²) in [5.41, 5.74) is 8.52. The molecule has 1 aliphatic carbocycles. The molecule has 21 heavy (non-hydrogen) atoms. The Kier molecular flexibility index (Phi) is 5.28. The van der Waals surface area contributed by atoms with Crippen LogP contribution in [0.15, 0.2) is 24.3 Å². The predicted molar refractivity (Wildman–Crippen MR) is 86.3 cm³/mol. The number of likely N-dealkylation sites (tertiary alicyclic amines) is 1. The first-order chi connectivity index (χ1) is 10.3. The molecule has 116 valence electrons. The minimum absolute atomic E-state index is 0.450. The zero-order valence-electron chi connectivity index (χ0n) is 13.0. The van der Waals surface area contributed by atoms with Gasteiger partial charge in [0.1, 0.15) is 0 Å². The van der Waals surface area contributed by atoms with Gasteiger partial charge in [-0.1, -0.05) is 24.3 Å². The first-order valence-electron chi connectivity index (χ1n) is 8.48. The monoisotopic (exact) mass is 288 g/mol. The number of hydrogen-bond donors (Lipinski definition) is 1. The van der Waals surface area contributed by atoms with Crippen molar-refractivity contribution in [2.45, 2.75) is 50.7 Å². The summed E-state index contributed by atoms with van der Waals surface area (Å²) in [4.78, 5) is 2.56. The van der Waals surface area contributed by atoms with Crippen LogP contribution in [0.1, 0.15) is 49.1 Å². The molecule has 2 aliphatic rings. The topological polar surface area (TPSA) is 38.5 Å². The highest BCUT2D eigenvalue weighted by Crippen LogP contribution is 2.40. The third kappa shape index (κ3) is 4.53. The molecule has 0 radical (unpaired) electrons. The molecule has 0 amide bonds. The Morgan fingerprint density at radius 1 is 1.14 bits per heavy atom. The lowest BCUT2D eigenvalue weighted by molar-refractivity contribution is 0.00563. The van der Waals surface area contributed by atoms with Crippen LogP contribution < -0.4 is 5.73 Å². The van der Waals surface area contributed by atoms with E-state index in [4.69, 9.17) is 10.5 Å². The summed E-state index contributed by atoms with van der Waals surface area (Å²) in [5, 5.41) is 0. The molecule has 2 N–H and O–H groups in total. The molecule has 1 saturated carbocycles. The van der Waals surface area contributed by atoms with Gasteiger partial charge in [0.2, 0.25) is 0 Å². The van der Waals surface area contributed by atoms with Gasteiger partial charge in [0, 0.05) is 26.2 Å². The van der Waals surface area contributed by atoms with Gasteiger partial charge in [-0.05, 0) is 55.7 Å². The van der Waals surface area contributed by atoms with E-state index in [1.165, 1.54) is 18.4 Å². The van der Waals surface area contributed by atoms with E-state index in [2.05, 4.69) is 29.2 Å². The smallest absolute Gasteiger partial charge is 0.0599 e. The Balaban J connectivity index is 1.43. The Morgan fingerprint density at radius 2 is 1.95 bits per heavy atom. The van der Waals surface area contributed by atoms with Crippen molar-refractivity contribution >= 4 is 0 Å². The van der Waals surface area contributed by atoms with E-state index in [-0.39, 0.29) is 0 Å². The number of nitrogens with two attached hydrogens (primary N) is 1. The second-order valence-electron chi connectivity index (χ2n) is 6.51. The van der Waals surface area contributed by atoms with E-state index in [0.717, 1.165) is 58.0 Å². The quantitative estimate of drug-likeness (QED) is 0.784. The molecule has 3 nitrogen and oxygen atoms in total. The normalized spacial score (nSPS) is 20.8. The van der Waals surface area contributed by atoms with Gasteiger partial charge in [0.25, 0.3) is 0 Å². The standard InChI is InChI=1S/C18H28N2O/c19-9-2-12-21-18-7-10-20(11-8-18)14-15-3-1-4-17(13-15)16-5-6-16/h1,3-4,13,16,18H,2,5-12,14,19H2. The first-order valence-corrected chi connectivity index (χ1v) is 8.48. The third-order valence-electron chi connectivity index (χ3n) is 4.64. The summed E-state index contributed by atoms with van der Waals surface area (Å²) in [7, 11) is 0. The molecule has 1 heterocycles. The van der Waals surface area contributed by atoms with Crippen LogP contribution >= 0.6 is 0 Å². The molecule has 3 rings (SSSR count). The minimum atomic E-state index is 0.450. The average molecular weight is 288 g/mol. The van der Waals surface area contributed by atoms with Crippen molar-refractivity contribution < 1.29 is 4.74 Å². The fourth-order valence-corrected chi connectivity index (χ4v) is 3.19. The number of benzene rings is 1. The van der Waals surface area contributed by atoms with Crippen LogP contribution in [-0.2, 0) is 11.3 Å². The molecule has 1 aliphatic heterocycles. The predicted octanol–water partition coefficient (Wildman–Crippen LogP) is 2.89. The van der Waals surface area contributed by atoms with Crippen molar-refractivity contribution in [1.82, 2.24) is 4.90 Å². The maximum Gasteiger partial charge on any atom is 0.0599 e. The van der Waals surface area contributed by atoms with E-state index in [1.807, 2.05) is 0 Å². The van der Waals surface area contributed by atoms with E-state index >= 15 is 0 Å². The molecule has 3 heteroatoms. The number of piperidine rings is 1. The van der Waals surface area contributed by atoms with Crippen LogP contribution in [0.5, 0.6) is 0 Å². The number of hydrogen-bond acceptors (Lipinski definition) is 3. The Bertz CT molecular complexity index is 437. The molecule has 0 unspecified atom stereocenters. The van der Waals surface area contributed by atoms with Gasteiger partial charge < -0.3 is 10.5 Å². The summed E-state index contributed by atoms with van der Waals surface area (Å²) >= 11 is 0. The second kappa shape index (κ2) is 7.39. The Hall–Kier alpha value is -0.900. The van der Waals surface area contributed by atoms with E-state index < -0.39 is 0 Å². The maximum atomic E-state index is 5.87. The van der Waals surface area contributed by atoms with Crippen LogP contribution in [0.25, 0.3) is 0 Å². The van der Waals surface area contributed by atoms with Gasteiger partial charge in [0.05, 0.1) is 6.10 Å². The molecular formula is C18H28N2O. The van der Waals surface area contributed by atoms with Crippen molar-refractivity contribution in [1.29, 1.82) is 0 Å². The zero-order chi connectivity index (χ0) is 14.5. The van der Waals surface area contributed by atoms with E-state index in [1.54, 1.807) is 5.56 Å². The zero-order valence-corrected chi connectivity index (χ0v) is 13.0. The van der Waals surface area contributed by atoms with Gasteiger partial charge >= 0.3 is 0 Å². The highest BCUT2D eigenvalue weighted by molar-refractivity contribution is 5.29. The van der Waals surface area contributed by atoms with Crippen molar-refractivity contribution in [3.05, 3.63) is 35.4 Å². The van der Waals surface area contributed by atoms with Crippen LogP contribution in [0, 0.1) is 0 Å². The Morgan fingerprint density at radius 3 is 2.67 bits per heavy atom. The highest BCUT2D eigenvalue weighted by Gasteiger charge is 2.24. The molecule has 0 bridgehead atoms. The lowest BCUT2D eigenvalue weighted by atomic mass is 10.0. The van der Waals surface area contributed by atoms with Gasteiger partial charge in [-0.3, -0.25) is 4.90 Å². The summed E-state index contributed by atoms with van der Waals surface area (Å²) in [5.74, 6) is 0.853. The summed E-state index contributed by atoms with van der Waals surface area (Å²) in [6.07, 6.45) is 6.52. The first kappa shape index (κ1) is 15.0. The van der Waals surface area contributed by atoms with Gasteiger partial charge in [-0.25, -0.2) is 0 Å². The fourth-order valence-electron chi connectivity index (χ4n) is 3.19. The van der Waals surface area contributed by atoms with E-state index in [0.29, 0.717) is 6.10 Å². The van der Waals surface area contributed by atoms with Crippen molar-refractivity contribution in [3.8, 4) is 0 Å². The van der Waals surface area contributed by atoms with Crippen molar-refractivity contribution in [2.24, 2.45) is 5.73 Å². The van der Waals surface area contributed by atoms with Crippen LogP contribution in [0.4, 0.5) is 0 Å². The summed E-state index contributed by atoms with van der Waals surface area (Å²) in [6.45, 7) is 4.96. The van der Waals surface area contributed by atoms with Gasteiger partial charge in [-0.15, -0.1) is 0 Å². The number of ether oxygens (including phenoxy) is 1. The molecular weight excluding hydrogens is 260 g/mol. The molecule has 1 aromatic rings. The average Bonchev–Trinajstić information content (AvgIpc) is 3.34. The van der Waals surface area contributed by atoms with Gasteiger partial charge in [-0.2, -0.15) is 0 Å². The highest BCUT2D eigenvalue weighted by atomic mass is 16.5. The van der Waals surface area contributed by atoms with Crippen molar-refractivity contribution in [2.75, 3.05) is 26.2 Å². The molecule has 1 aromatic carbocycles. The van der Waals surface area contributed by atoms with Gasteiger partial charge in [0.15, 0.2) is 0 Å². The lowest BCUT2D eigenvalue weighted by Gasteiger charge is -2.32. The fraction of sp³-hybridized carbons (Fsp3) is 0.667. The largest absolute Gasteiger partial charge is 0.378 e. The number of rotatable bonds is 7. The van der Waals surface area contributed by atoms with Crippen LogP contribution in [0.3, 0.4) is 0 Å². The van der Waals surface area contributed by atoms with E-state index in [9.17, 15) is 0 Å². The summed E-state index contributed by atoms with van der Waals surface area (Å²) in [6, 6.07) is 9.21. The van der Waals surface area contributed by atoms with Crippen molar-refractivity contribution in [3.63, 3.8) is 0 Å². The molecule has 2 fully saturated rings. The third-order valence-corrected chi connectivity index (χ3v) is 4.64. The summed E-state index contributed by atoms with van der Waals surface area (Å²) < 4.78 is 5.87. The van der Waals surface area contributed by atoms with Crippen LogP contribution in [0.2, 0.25) is 0 Å². The minimum Gasteiger partial charge on any atom is -0.378 e. The second-order valence-corrected chi connectivity index (χ2v) is 6.51. The number of nitrogens with zero attached hydrogens (tertiary/aromatic N) is 1. The molecule has 0 aromatic heterocycles. The molecule has 0 spiro atoms. The Labute approximate surface area is 128 Å². The maximum absolute atomic E-state index is 5.87. The SMILES string of the molecule is NCCCOC1CCN(Cc2cccc(C3CC3)c2)CC1. The van der Waals surface area contributed by atoms with Crippen LogP contribution in [-0.4, -0.2) is 37.2 Å².